The van der Waals surface area contributed by atoms with Gasteiger partial charge in [0.25, 0.3) is 0 Å². The van der Waals surface area contributed by atoms with Crippen LogP contribution < -0.4 is 9.47 Å². The fourth-order valence-corrected chi connectivity index (χ4v) is 5.91. The number of carbonyl (C=O) groups excluding carboxylic acids is 1. The zero-order chi connectivity index (χ0) is 28.6. The van der Waals surface area contributed by atoms with Crippen LogP contribution in [0.2, 0.25) is 0 Å². The van der Waals surface area contributed by atoms with E-state index >= 15 is 4.39 Å². The Morgan fingerprint density at radius 3 is 2.40 bits per heavy atom. The van der Waals surface area contributed by atoms with Gasteiger partial charge in [0.15, 0.2) is 0 Å². The number of esters is 1. The molecule has 0 aromatic heterocycles. The average Bonchev–Trinajstić information content (AvgIpc) is 3.58. The largest absolute Gasteiger partial charge is 0.493 e. The van der Waals surface area contributed by atoms with Crippen LogP contribution in [0, 0.1) is 25.6 Å². The summed E-state index contributed by atoms with van der Waals surface area (Å²) in [6, 6.07) is 15.3. The molecule has 5 rings (SSSR count). The van der Waals surface area contributed by atoms with Gasteiger partial charge < -0.3 is 19.3 Å². The molecule has 212 valence electrons. The van der Waals surface area contributed by atoms with E-state index in [-0.39, 0.29) is 29.7 Å². The Labute approximate surface area is 236 Å². The fraction of sp³-hybridized carbons (Fsp3) is 0.441. The summed E-state index contributed by atoms with van der Waals surface area (Å²) in [5, 5.41) is 9.97. The first-order chi connectivity index (χ1) is 19.1. The number of hydrogen-bond donors (Lipinski definition) is 1. The third-order valence-corrected chi connectivity index (χ3v) is 8.01. The summed E-state index contributed by atoms with van der Waals surface area (Å²) in [4.78, 5) is 12.0. The molecule has 0 bridgehead atoms. The number of ether oxygens (including phenoxy) is 3. The van der Waals surface area contributed by atoms with E-state index < -0.39 is 5.60 Å². The van der Waals surface area contributed by atoms with Gasteiger partial charge in [-0.2, -0.15) is 0 Å². The monoisotopic (exact) mass is 546 g/mol. The molecule has 2 aliphatic carbocycles. The zero-order valence-corrected chi connectivity index (χ0v) is 24.1. The minimum Gasteiger partial charge on any atom is -0.493 e. The van der Waals surface area contributed by atoms with E-state index in [0.717, 1.165) is 52.0 Å². The summed E-state index contributed by atoms with van der Waals surface area (Å²) in [5.41, 5.74) is 6.22. The lowest BCUT2D eigenvalue weighted by Crippen LogP contribution is -2.21. The van der Waals surface area contributed by atoms with Crippen LogP contribution in [0.5, 0.6) is 11.5 Å². The molecule has 2 aliphatic rings. The van der Waals surface area contributed by atoms with Gasteiger partial charge in [0.2, 0.25) is 0 Å². The van der Waals surface area contributed by atoms with Gasteiger partial charge in [-0.15, -0.1) is 0 Å². The van der Waals surface area contributed by atoms with Crippen LogP contribution in [0.25, 0.3) is 11.1 Å². The number of hydrogen-bond acceptors (Lipinski definition) is 5. The summed E-state index contributed by atoms with van der Waals surface area (Å²) in [5.74, 6) is 1.24. The fourth-order valence-electron chi connectivity index (χ4n) is 5.91. The number of halogens is 1. The van der Waals surface area contributed by atoms with Crippen LogP contribution >= 0.6 is 0 Å². The highest BCUT2D eigenvalue weighted by Crippen LogP contribution is 2.49. The third-order valence-electron chi connectivity index (χ3n) is 8.01. The summed E-state index contributed by atoms with van der Waals surface area (Å²) in [6.07, 6.45) is 2.43. The summed E-state index contributed by atoms with van der Waals surface area (Å²) < 4.78 is 32.6. The van der Waals surface area contributed by atoms with Crippen molar-refractivity contribution in [3.05, 3.63) is 82.2 Å². The predicted octanol–water partition coefficient (Wildman–Crippen LogP) is 7.38. The molecule has 3 aromatic carbocycles. The van der Waals surface area contributed by atoms with Crippen LogP contribution in [0.15, 0.2) is 48.5 Å². The van der Waals surface area contributed by atoms with E-state index in [1.54, 1.807) is 19.9 Å². The summed E-state index contributed by atoms with van der Waals surface area (Å²) in [6.45, 7) is 10.3. The van der Waals surface area contributed by atoms with Gasteiger partial charge in [-0.1, -0.05) is 18.2 Å². The molecule has 6 heteroatoms. The highest BCUT2D eigenvalue weighted by atomic mass is 19.1. The van der Waals surface area contributed by atoms with Crippen LogP contribution in [-0.2, 0) is 16.0 Å². The van der Waals surface area contributed by atoms with Crippen LogP contribution in [0.1, 0.15) is 79.9 Å². The first kappa shape index (κ1) is 28.2. The third kappa shape index (κ3) is 6.02. The molecule has 2 unspecified atom stereocenters. The molecule has 3 aromatic rings. The van der Waals surface area contributed by atoms with E-state index in [1.165, 1.54) is 0 Å². The Bertz CT molecular complexity index is 1370. The van der Waals surface area contributed by atoms with Crippen LogP contribution in [0.4, 0.5) is 4.39 Å². The van der Waals surface area contributed by atoms with E-state index in [4.69, 9.17) is 14.2 Å². The summed E-state index contributed by atoms with van der Waals surface area (Å²) in [7, 11) is 0. The lowest BCUT2D eigenvalue weighted by atomic mass is 9.90. The van der Waals surface area contributed by atoms with E-state index in [9.17, 15) is 9.90 Å². The van der Waals surface area contributed by atoms with Gasteiger partial charge >= 0.3 is 5.97 Å². The molecule has 40 heavy (non-hydrogen) atoms. The van der Waals surface area contributed by atoms with Crippen molar-refractivity contribution in [3.63, 3.8) is 0 Å². The smallest absolute Gasteiger partial charge is 0.309 e. The second-order valence-corrected chi connectivity index (χ2v) is 11.7. The van der Waals surface area contributed by atoms with E-state index in [0.29, 0.717) is 37.4 Å². The second-order valence-electron chi connectivity index (χ2n) is 11.7. The Balaban J connectivity index is 1.32. The number of benzene rings is 3. The number of carbonyl (C=O) groups is 1. The molecular formula is C34H39FO5. The quantitative estimate of drug-likeness (QED) is 0.269. The minimum atomic E-state index is -0.774. The SMILES string of the molecule is CCOC(=O)[C@H]1CC1c1ccc(OC2CCc3c(-c4c(C)cc(OCCC(C)(C)O)cc4C)ccc(F)c32)cc1. The van der Waals surface area contributed by atoms with Gasteiger partial charge in [-0.25, -0.2) is 4.39 Å². The van der Waals surface area contributed by atoms with E-state index in [1.807, 2.05) is 49.4 Å². The number of aryl methyl sites for hydroxylation is 2. The number of aliphatic hydroxyl groups is 1. The first-order valence-electron chi connectivity index (χ1n) is 14.3. The molecule has 0 radical (unpaired) electrons. The highest BCUT2D eigenvalue weighted by molar-refractivity contribution is 5.78. The average molecular weight is 547 g/mol. The topological polar surface area (TPSA) is 65.0 Å². The standard InChI is InChI=1S/C34H39FO5/c1-6-38-33(36)28-19-27(28)22-7-9-23(10-8-22)40-30-14-12-26-25(11-13-29(35)32(26)30)31-20(2)17-24(18-21(31)3)39-16-15-34(4,5)37/h7-11,13,17-18,27-28,30,37H,6,12,14-16,19H2,1-5H3/t27?,28-,30?/m0/s1. The summed E-state index contributed by atoms with van der Waals surface area (Å²) >= 11 is 0. The Kier molecular flexibility index (Phi) is 7.92. The Hall–Kier alpha value is -3.38. The zero-order valence-electron chi connectivity index (χ0n) is 24.1. The van der Waals surface area contributed by atoms with Crippen molar-refractivity contribution >= 4 is 5.97 Å². The van der Waals surface area contributed by atoms with Crippen molar-refractivity contribution in [1.29, 1.82) is 0 Å². The van der Waals surface area contributed by atoms with Crippen molar-refractivity contribution in [2.45, 2.75) is 77.9 Å². The van der Waals surface area contributed by atoms with Crippen molar-refractivity contribution in [1.82, 2.24) is 0 Å². The first-order valence-corrected chi connectivity index (χ1v) is 14.3. The Morgan fingerprint density at radius 1 is 1.05 bits per heavy atom. The maximum absolute atomic E-state index is 15.2. The van der Waals surface area contributed by atoms with Gasteiger partial charge in [0.1, 0.15) is 23.4 Å². The van der Waals surface area contributed by atoms with Crippen molar-refractivity contribution in [2.24, 2.45) is 5.92 Å². The molecule has 1 fully saturated rings. The van der Waals surface area contributed by atoms with Gasteiger partial charge in [0, 0.05) is 12.0 Å². The molecule has 1 N–H and O–H groups in total. The number of rotatable bonds is 10. The molecular weight excluding hydrogens is 507 g/mol. The van der Waals surface area contributed by atoms with Gasteiger partial charge in [-0.3, -0.25) is 4.79 Å². The lowest BCUT2D eigenvalue weighted by molar-refractivity contribution is -0.144. The van der Waals surface area contributed by atoms with Crippen LogP contribution in [0.3, 0.4) is 0 Å². The molecule has 0 heterocycles. The molecule has 3 atom stereocenters. The molecule has 5 nitrogen and oxygen atoms in total. The molecule has 1 saturated carbocycles. The molecule has 0 spiro atoms. The maximum Gasteiger partial charge on any atom is 0.309 e. The molecule has 0 aliphatic heterocycles. The predicted molar refractivity (Wildman–Crippen MR) is 153 cm³/mol. The second kappa shape index (κ2) is 11.2. The van der Waals surface area contributed by atoms with Crippen molar-refractivity contribution in [3.8, 4) is 22.6 Å². The van der Waals surface area contributed by atoms with Crippen molar-refractivity contribution < 1.29 is 28.5 Å². The van der Waals surface area contributed by atoms with Crippen LogP contribution in [-0.4, -0.2) is 29.9 Å². The minimum absolute atomic E-state index is 0.0545. The van der Waals surface area contributed by atoms with Gasteiger partial charge in [-0.05, 0) is 124 Å². The highest BCUT2D eigenvalue weighted by Gasteiger charge is 2.45. The van der Waals surface area contributed by atoms with E-state index in [2.05, 4.69) is 13.8 Å². The number of fused-ring (bicyclic) bond motifs is 1. The Morgan fingerprint density at radius 2 is 1.75 bits per heavy atom. The lowest BCUT2D eigenvalue weighted by Gasteiger charge is -2.20. The maximum atomic E-state index is 15.2. The molecule has 0 amide bonds. The van der Waals surface area contributed by atoms with Crippen molar-refractivity contribution in [2.75, 3.05) is 13.2 Å². The normalized spacial score (nSPS) is 19.7. The van der Waals surface area contributed by atoms with Gasteiger partial charge in [0.05, 0.1) is 24.7 Å². The molecule has 0 saturated heterocycles.